The van der Waals surface area contributed by atoms with E-state index in [9.17, 15) is 19.8 Å². The van der Waals surface area contributed by atoms with E-state index < -0.39 is 12.1 Å². The first-order valence-corrected chi connectivity index (χ1v) is 31.9. The SMILES string of the molecule is CCCCCCCC/C=C\CCCCCCCCCCCC(=O)OCCCCCCCC/C=C\C/C=C\CCC(=O)NC(CO)C(O)/C=C/CCCCCCCCCCCCCCCCCCCCCCC. The molecule has 1 amide bonds. The van der Waals surface area contributed by atoms with Crippen molar-refractivity contribution in [2.45, 2.75) is 347 Å². The first-order valence-electron chi connectivity index (χ1n) is 31.9. The summed E-state index contributed by atoms with van der Waals surface area (Å²) in [6.45, 7) is 4.86. The number of nitrogens with one attached hydrogen (secondary N) is 1. The van der Waals surface area contributed by atoms with Crippen LogP contribution in [0.25, 0.3) is 0 Å². The van der Waals surface area contributed by atoms with E-state index in [0.717, 1.165) is 51.4 Å². The van der Waals surface area contributed by atoms with E-state index in [1.54, 1.807) is 6.08 Å². The standard InChI is InChI=1S/C66H123NO5/c1-3-5-7-9-11-13-15-17-19-21-23-24-25-26-28-29-31-34-38-42-46-50-54-58-64(69)63(62-68)67-65(70)59-55-51-47-43-39-35-33-37-41-45-49-53-57-61-72-66(71)60-56-52-48-44-40-36-32-30-27-22-20-18-16-14-12-10-8-6-4-2/h18,20,35,39,47,51,54,58,63-64,68-69H,3-17,19,21-34,36-38,40-46,48-50,52-53,55-57,59-62H2,1-2H3,(H,67,70)/b20-18-,39-35-,51-47-,58-54+. The van der Waals surface area contributed by atoms with Gasteiger partial charge in [-0.15, -0.1) is 0 Å². The summed E-state index contributed by atoms with van der Waals surface area (Å²) >= 11 is 0. The van der Waals surface area contributed by atoms with E-state index in [-0.39, 0.29) is 18.5 Å². The van der Waals surface area contributed by atoms with Crippen molar-refractivity contribution in [3.63, 3.8) is 0 Å². The van der Waals surface area contributed by atoms with Gasteiger partial charge in [0.2, 0.25) is 5.91 Å². The molecule has 0 aliphatic carbocycles. The van der Waals surface area contributed by atoms with Gasteiger partial charge in [0.05, 0.1) is 25.4 Å². The first kappa shape index (κ1) is 69.8. The molecular formula is C66H123NO5. The average molecular weight is 1010 g/mol. The van der Waals surface area contributed by atoms with Gasteiger partial charge in [-0.3, -0.25) is 9.59 Å². The molecule has 0 fully saturated rings. The molecule has 422 valence electrons. The van der Waals surface area contributed by atoms with Crippen LogP contribution in [0, 0.1) is 0 Å². The third-order valence-electron chi connectivity index (χ3n) is 14.6. The average Bonchev–Trinajstić information content (AvgIpc) is 3.38. The first-order chi connectivity index (χ1) is 35.5. The fraction of sp³-hybridized carbons (Fsp3) is 0.848. The molecule has 0 aromatic rings. The van der Waals surface area contributed by atoms with E-state index in [1.165, 1.54) is 250 Å². The van der Waals surface area contributed by atoms with Crippen LogP contribution in [-0.2, 0) is 14.3 Å². The molecule has 3 N–H and O–H groups in total. The highest BCUT2D eigenvalue weighted by Crippen LogP contribution is 2.17. The summed E-state index contributed by atoms with van der Waals surface area (Å²) in [7, 11) is 0. The van der Waals surface area contributed by atoms with Crippen LogP contribution in [-0.4, -0.2) is 47.4 Å². The number of allylic oxidation sites excluding steroid dienone is 7. The molecule has 0 saturated carbocycles. The van der Waals surface area contributed by atoms with Crippen LogP contribution >= 0.6 is 0 Å². The molecule has 0 aromatic heterocycles. The summed E-state index contributed by atoms with van der Waals surface area (Å²) in [6.07, 6.45) is 78.8. The summed E-state index contributed by atoms with van der Waals surface area (Å²) in [5, 5.41) is 23.1. The largest absolute Gasteiger partial charge is 0.466 e. The van der Waals surface area contributed by atoms with Crippen LogP contribution in [0.15, 0.2) is 48.6 Å². The van der Waals surface area contributed by atoms with Crippen molar-refractivity contribution in [2.24, 2.45) is 0 Å². The van der Waals surface area contributed by atoms with Gasteiger partial charge in [-0.1, -0.05) is 294 Å². The Morgan fingerprint density at radius 1 is 0.389 bits per heavy atom. The van der Waals surface area contributed by atoms with Crippen molar-refractivity contribution in [1.29, 1.82) is 0 Å². The Bertz CT molecular complexity index is 1210. The summed E-state index contributed by atoms with van der Waals surface area (Å²) in [4.78, 5) is 24.6. The van der Waals surface area contributed by atoms with Crippen molar-refractivity contribution < 1.29 is 24.5 Å². The molecule has 0 aromatic carbocycles. The number of hydrogen-bond acceptors (Lipinski definition) is 5. The minimum Gasteiger partial charge on any atom is -0.466 e. The maximum atomic E-state index is 12.5. The number of unbranched alkanes of at least 4 members (excludes halogenated alkanes) is 42. The van der Waals surface area contributed by atoms with Crippen molar-refractivity contribution in [2.75, 3.05) is 13.2 Å². The molecule has 0 aliphatic rings. The van der Waals surface area contributed by atoms with Gasteiger partial charge < -0.3 is 20.3 Å². The lowest BCUT2D eigenvalue weighted by molar-refractivity contribution is -0.143. The molecule has 0 radical (unpaired) electrons. The lowest BCUT2D eigenvalue weighted by Crippen LogP contribution is -2.45. The number of rotatable bonds is 59. The zero-order chi connectivity index (χ0) is 52.2. The van der Waals surface area contributed by atoms with Gasteiger partial charge >= 0.3 is 5.97 Å². The third kappa shape index (κ3) is 57.1. The molecule has 0 rings (SSSR count). The summed E-state index contributed by atoms with van der Waals surface area (Å²) in [6, 6.07) is -0.674. The highest BCUT2D eigenvalue weighted by molar-refractivity contribution is 5.76. The number of aliphatic hydroxyl groups excluding tert-OH is 2. The van der Waals surface area contributed by atoms with Crippen molar-refractivity contribution in [3.05, 3.63) is 48.6 Å². The van der Waals surface area contributed by atoms with Crippen molar-refractivity contribution in [1.82, 2.24) is 5.32 Å². The second kappa shape index (κ2) is 61.4. The number of carbonyl (C=O) groups excluding carboxylic acids is 2. The number of esters is 1. The smallest absolute Gasteiger partial charge is 0.305 e. The minimum absolute atomic E-state index is 0.0186. The van der Waals surface area contributed by atoms with Gasteiger partial charge in [0, 0.05) is 12.8 Å². The molecule has 0 aliphatic heterocycles. The summed E-state index contributed by atoms with van der Waals surface area (Å²) in [5.41, 5.74) is 0. The predicted molar refractivity (Wildman–Crippen MR) is 315 cm³/mol. The number of amides is 1. The monoisotopic (exact) mass is 1010 g/mol. The van der Waals surface area contributed by atoms with Crippen molar-refractivity contribution in [3.8, 4) is 0 Å². The van der Waals surface area contributed by atoms with Gasteiger partial charge in [0.25, 0.3) is 0 Å². The fourth-order valence-corrected chi connectivity index (χ4v) is 9.68. The van der Waals surface area contributed by atoms with Crippen LogP contribution < -0.4 is 5.32 Å². The van der Waals surface area contributed by atoms with Crippen LogP contribution in [0.5, 0.6) is 0 Å². The van der Waals surface area contributed by atoms with Crippen molar-refractivity contribution >= 4 is 11.9 Å². The number of carbonyl (C=O) groups is 2. The minimum atomic E-state index is -0.882. The fourth-order valence-electron chi connectivity index (χ4n) is 9.68. The van der Waals surface area contributed by atoms with Gasteiger partial charge in [-0.25, -0.2) is 0 Å². The Kier molecular flexibility index (Phi) is 59.5. The Morgan fingerprint density at radius 2 is 0.708 bits per heavy atom. The van der Waals surface area contributed by atoms with E-state index in [0.29, 0.717) is 25.9 Å². The normalized spacial score (nSPS) is 12.9. The summed E-state index contributed by atoms with van der Waals surface area (Å²) in [5.74, 6) is -0.165. The van der Waals surface area contributed by atoms with Gasteiger partial charge in [0.15, 0.2) is 0 Å². The van der Waals surface area contributed by atoms with Gasteiger partial charge in [0.1, 0.15) is 0 Å². The highest BCUT2D eigenvalue weighted by atomic mass is 16.5. The third-order valence-corrected chi connectivity index (χ3v) is 14.6. The second-order valence-electron chi connectivity index (χ2n) is 21.7. The second-order valence-corrected chi connectivity index (χ2v) is 21.7. The van der Waals surface area contributed by atoms with Crippen LogP contribution in [0.3, 0.4) is 0 Å². The highest BCUT2D eigenvalue weighted by Gasteiger charge is 2.17. The van der Waals surface area contributed by atoms with Crippen LogP contribution in [0.2, 0.25) is 0 Å². The Labute approximate surface area is 448 Å². The van der Waals surface area contributed by atoms with Gasteiger partial charge in [-0.05, 0) is 77.0 Å². The van der Waals surface area contributed by atoms with Crippen LogP contribution in [0.1, 0.15) is 335 Å². The van der Waals surface area contributed by atoms with E-state index in [2.05, 4.69) is 49.5 Å². The number of aliphatic hydroxyl groups is 2. The molecule has 0 heterocycles. The molecule has 72 heavy (non-hydrogen) atoms. The molecule has 0 saturated heterocycles. The predicted octanol–water partition coefficient (Wildman–Crippen LogP) is 20.1. The molecule has 6 nitrogen and oxygen atoms in total. The van der Waals surface area contributed by atoms with E-state index in [4.69, 9.17) is 4.74 Å². The van der Waals surface area contributed by atoms with E-state index >= 15 is 0 Å². The maximum Gasteiger partial charge on any atom is 0.305 e. The molecule has 0 bridgehead atoms. The van der Waals surface area contributed by atoms with Gasteiger partial charge in [-0.2, -0.15) is 0 Å². The number of ether oxygens (including phenoxy) is 1. The lowest BCUT2D eigenvalue weighted by Gasteiger charge is -2.19. The Morgan fingerprint density at radius 3 is 1.10 bits per heavy atom. The van der Waals surface area contributed by atoms with Crippen LogP contribution in [0.4, 0.5) is 0 Å². The number of hydrogen-bond donors (Lipinski definition) is 3. The van der Waals surface area contributed by atoms with E-state index in [1.807, 2.05) is 12.2 Å². The molecule has 2 unspecified atom stereocenters. The molecule has 6 heteroatoms. The lowest BCUT2D eigenvalue weighted by atomic mass is 10.0. The molecule has 2 atom stereocenters. The maximum absolute atomic E-state index is 12.5. The topological polar surface area (TPSA) is 95.9 Å². The molecule has 0 spiro atoms. The quantitative estimate of drug-likeness (QED) is 0.0320. The summed E-state index contributed by atoms with van der Waals surface area (Å²) < 4.78 is 5.48. The Balaban J connectivity index is 3.55. The Hall–Kier alpha value is -2.18. The molecular weight excluding hydrogens is 887 g/mol. The zero-order valence-electron chi connectivity index (χ0n) is 48.2. The zero-order valence-corrected chi connectivity index (χ0v) is 48.2.